The lowest BCUT2D eigenvalue weighted by Gasteiger charge is -2.33. The van der Waals surface area contributed by atoms with E-state index in [1.807, 2.05) is 0 Å². The number of aliphatic hydroxyl groups excluding tert-OH is 1. The third kappa shape index (κ3) is 1.76. The van der Waals surface area contributed by atoms with Crippen LogP contribution in [0.4, 0.5) is 5.82 Å². The Balaban J connectivity index is 2.05. The molecule has 0 amide bonds. The molecule has 2 unspecified atom stereocenters. The van der Waals surface area contributed by atoms with Crippen LogP contribution >= 0.6 is 11.6 Å². The zero-order valence-electron chi connectivity index (χ0n) is 7.07. The van der Waals surface area contributed by atoms with Crippen molar-refractivity contribution in [3.05, 3.63) is 23.4 Å². The van der Waals surface area contributed by atoms with Crippen LogP contribution in [0.2, 0.25) is 5.02 Å². The predicted octanol–water partition coefficient (Wildman–Crippen LogP) is 1.67. The number of nitrogens with zero attached hydrogens (tertiary/aromatic N) is 1. The molecule has 0 bridgehead atoms. The Morgan fingerprint density at radius 1 is 1.54 bits per heavy atom. The maximum atomic E-state index is 9.33. The molecule has 1 fully saturated rings. The van der Waals surface area contributed by atoms with Gasteiger partial charge in [-0.3, -0.25) is 0 Å². The summed E-state index contributed by atoms with van der Waals surface area (Å²) in [5.74, 6) is 0.660. The number of anilines is 1. The maximum absolute atomic E-state index is 9.33. The van der Waals surface area contributed by atoms with Crippen LogP contribution in [-0.2, 0) is 0 Å². The normalized spacial score (nSPS) is 26.6. The first-order valence-electron chi connectivity index (χ1n) is 4.32. The highest BCUT2D eigenvalue weighted by molar-refractivity contribution is 6.32. The lowest BCUT2D eigenvalue weighted by molar-refractivity contribution is 0.0784. The van der Waals surface area contributed by atoms with Gasteiger partial charge in [0, 0.05) is 6.20 Å². The molecule has 2 N–H and O–H groups in total. The summed E-state index contributed by atoms with van der Waals surface area (Å²) in [5.41, 5.74) is 0. The quantitative estimate of drug-likeness (QED) is 0.760. The number of aromatic nitrogens is 1. The molecule has 1 aliphatic carbocycles. The molecule has 1 heterocycles. The summed E-state index contributed by atoms with van der Waals surface area (Å²) in [6.07, 6.45) is 3.27. The molecule has 13 heavy (non-hydrogen) atoms. The Morgan fingerprint density at radius 2 is 2.38 bits per heavy atom. The Bertz CT molecular complexity index is 305. The first kappa shape index (κ1) is 8.78. The first-order valence-corrected chi connectivity index (χ1v) is 4.70. The van der Waals surface area contributed by atoms with E-state index in [2.05, 4.69) is 10.3 Å². The largest absolute Gasteiger partial charge is 0.391 e. The molecule has 1 aromatic heterocycles. The molecule has 4 heteroatoms. The molecule has 2 rings (SSSR count). The summed E-state index contributed by atoms with van der Waals surface area (Å²) in [6.45, 7) is 0. The van der Waals surface area contributed by atoms with Gasteiger partial charge in [0.05, 0.1) is 17.2 Å². The average Bonchev–Trinajstić information content (AvgIpc) is 2.14. The summed E-state index contributed by atoms with van der Waals surface area (Å²) >= 11 is 5.89. The van der Waals surface area contributed by atoms with Crippen molar-refractivity contribution in [2.75, 3.05) is 5.32 Å². The van der Waals surface area contributed by atoms with Gasteiger partial charge in [-0.2, -0.15) is 0 Å². The van der Waals surface area contributed by atoms with E-state index >= 15 is 0 Å². The van der Waals surface area contributed by atoms with Crippen molar-refractivity contribution in [1.82, 2.24) is 4.98 Å². The van der Waals surface area contributed by atoms with Gasteiger partial charge in [-0.05, 0) is 25.0 Å². The van der Waals surface area contributed by atoms with Gasteiger partial charge in [-0.15, -0.1) is 0 Å². The van der Waals surface area contributed by atoms with Crippen LogP contribution in [0.15, 0.2) is 18.3 Å². The summed E-state index contributed by atoms with van der Waals surface area (Å²) in [5, 5.41) is 13.0. The van der Waals surface area contributed by atoms with Gasteiger partial charge in [0.2, 0.25) is 0 Å². The van der Waals surface area contributed by atoms with Crippen molar-refractivity contribution in [3.8, 4) is 0 Å². The summed E-state index contributed by atoms with van der Waals surface area (Å²) in [7, 11) is 0. The van der Waals surface area contributed by atoms with E-state index < -0.39 is 0 Å². The summed E-state index contributed by atoms with van der Waals surface area (Å²) in [4.78, 5) is 4.08. The number of hydrogen-bond acceptors (Lipinski definition) is 3. The number of pyridine rings is 1. The first-order chi connectivity index (χ1) is 6.27. The zero-order valence-corrected chi connectivity index (χ0v) is 7.83. The molecule has 0 radical (unpaired) electrons. The molecule has 70 valence electrons. The van der Waals surface area contributed by atoms with Gasteiger partial charge in [-0.1, -0.05) is 11.6 Å². The SMILES string of the molecule is OC1CCC1Nc1ncccc1Cl. The second kappa shape index (κ2) is 3.52. The second-order valence-electron chi connectivity index (χ2n) is 3.23. The van der Waals surface area contributed by atoms with Crippen molar-refractivity contribution in [2.45, 2.75) is 25.0 Å². The second-order valence-corrected chi connectivity index (χ2v) is 3.64. The standard InChI is InChI=1S/C9H11ClN2O/c10-6-2-1-5-11-9(6)12-7-3-4-8(7)13/h1-2,5,7-8,13H,3-4H2,(H,11,12). The molecule has 2 atom stereocenters. The van der Waals surface area contributed by atoms with Crippen LogP contribution in [-0.4, -0.2) is 22.2 Å². The number of nitrogens with one attached hydrogen (secondary N) is 1. The fourth-order valence-electron chi connectivity index (χ4n) is 1.32. The topological polar surface area (TPSA) is 45.1 Å². The van der Waals surface area contributed by atoms with Crippen LogP contribution in [0.3, 0.4) is 0 Å². The van der Waals surface area contributed by atoms with Crippen LogP contribution in [0, 0.1) is 0 Å². The highest BCUT2D eigenvalue weighted by Gasteiger charge is 2.29. The fraction of sp³-hybridized carbons (Fsp3) is 0.444. The monoisotopic (exact) mass is 198 g/mol. The maximum Gasteiger partial charge on any atom is 0.145 e. The number of hydrogen-bond donors (Lipinski definition) is 2. The van der Waals surface area contributed by atoms with E-state index in [4.69, 9.17) is 11.6 Å². The molecule has 0 aliphatic heterocycles. The lowest BCUT2D eigenvalue weighted by atomic mass is 9.89. The van der Waals surface area contributed by atoms with Crippen LogP contribution < -0.4 is 5.32 Å². The fourth-order valence-corrected chi connectivity index (χ4v) is 1.49. The van der Waals surface area contributed by atoms with Crippen molar-refractivity contribution >= 4 is 17.4 Å². The van der Waals surface area contributed by atoms with Crippen LogP contribution in [0.1, 0.15) is 12.8 Å². The minimum Gasteiger partial charge on any atom is -0.391 e. The van der Waals surface area contributed by atoms with E-state index in [0.29, 0.717) is 10.8 Å². The Labute approximate surface area is 81.8 Å². The number of aliphatic hydroxyl groups is 1. The molecule has 0 spiro atoms. The van der Waals surface area contributed by atoms with Crippen LogP contribution in [0.25, 0.3) is 0 Å². The Hall–Kier alpha value is -0.800. The third-order valence-corrected chi connectivity index (χ3v) is 2.62. The zero-order chi connectivity index (χ0) is 9.26. The molecular formula is C9H11ClN2O. The van der Waals surface area contributed by atoms with Crippen LogP contribution in [0.5, 0.6) is 0 Å². The highest BCUT2D eigenvalue weighted by atomic mass is 35.5. The van der Waals surface area contributed by atoms with E-state index in [0.717, 1.165) is 12.8 Å². The van der Waals surface area contributed by atoms with Gasteiger partial charge in [0.25, 0.3) is 0 Å². The van der Waals surface area contributed by atoms with E-state index in [9.17, 15) is 5.11 Å². The minimum atomic E-state index is -0.252. The van der Waals surface area contributed by atoms with E-state index in [1.54, 1.807) is 18.3 Å². The van der Waals surface area contributed by atoms with Crippen molar-refractivity contribution in [1.29, 1.82) is 0 Å². The molecule has 0 saturated heterocycles. The van der Waals surface area contributed by atoms with Crippen molar-refractivity contribution < 1.29 is 5.11 Å². The highest BCUT2D eigenvalue weighted by Crippen LogP contribution is 2.26. The van der Waals surface area contributed by atoms with Gasteiger partial charge in [0.1, 0.15) is 5.82 Å². The van der Waals surface area contributed by atoms with Gasteiger partial charge in [-0.25, -0.2) is 4.98 Å². The number of rotatable bonds is 2. The molecular weight excluding hydrogens is 188 g/mol. The van der Waals surface area contributed by atoms with Crippen molar-refractivity contribution in [2.24, 2.45) is 0 Å². The molecule has 1 saturated carbocycles. The smallest absolute Gasteiger partial charge is 0.145 e. The summed E-state index contributed by atoms with van der Waals surface area (Å²) in [6, 6.07) is 3.68. The number of halogens is 1. The molecule has 0 aromatic carbocycles. The average molecular weight is 199 g/mol. The molecule has 1 aliphatic rings. The molecule has 1 aromatic rings. The minimum absolute atomic E-state index is 0.118. The van der Waals surface area contributed by atoms with Gasteiger partial charge >= 0.3 is 0 Å². The van der Waals surface area contributed by atoms with Gasteiger partial charge < -0.3 is 10.4 Å². The predicted molar refractivity (Wildman–Crippen MR) is 51.9 cm³/mol. The van der Waals surface area contributed by atoms with E-state index in [-0.39, 0.29) is 12.1 Å². The van der Waals surface area contributed by atoms with E-state index in [1.165, 1.54) is 0 Å². The summed E-state index contributed by atoms with van der Waals surface area (Å²) < 4.78 is 0. The van der Waals surface area contributed by atoms with Gasteiger partial charge in [0.15, 0.2) is 0 Å². The Kier molecular flexibility index (Phi) is 2.38. The van der Waals surface area contributed by atoms with Crippen molar-refractivity contribution in [3.63, 3.8) is 0 Å². The molecule has 3 nitrogen and oxygen atoms in total. The lowest BCUT2D eigenvalue weighted by Crippen LogP contribution is -2.42. The Morgan fingerprint density at radius 3 is 2.92 bits per heavy atom. The third-order valence-electron chi connectivity index (χ3n) is 2.32.